The quantitative estimate of drug-likeness (QED) is 0.388. The molecule has 2 aromatic carbocycles. The van der Waals surface area contributed by atoms with Crippen LogP contribution in [-0.4, -0.2) is 29.3 Å². The van der Waals surface area contributed by atoms with Crippen molar-refractivity contribution in [3.05, 3.63) is 63.1 Å². The molecule has 0 saturated carbocycles. The first-order valence-electron chi connectivity index (χ1n) is 8.50. The zero-order valence-electron chi connectivity index (χ0n) is 14.0. The summed E-state index contributed by atoms with van der Waals surface area (Å²) in [4.78, 5) is 28.8. The molecule has 1 atom stereocenters. The number of hydrogen-bond donors (Lipinski definition) is 0. The number of piperidine rings is 1. The topological polar surface area (TPSA) is 76.3 Å². The van der Waals surface area contributed by atoms with Crippen LogP contribution in [0, 0.1) is 10.1 Å². The number of rotatable bonds is 4. The van der Waals surface area contributed by atoms with E-state index in [0.29, 0.717) is 24.1 Å². The van der Waals surface area contributed by atoms with Crippen molar-refractivity contribution in [2.75, 3.05) is 18.0 Å². The highest BCUT2D eigenvalue weighted by Crippen LogP contribution is 2.37. The van der Waals surface area contributed by atoms with E-state index in [1.165, 1.54) is 10.8 Å². The number of fused-ring (bicyclic) bond motifs is 1. The Labute approximate surface area is 154 Å². The number of thiazole rings is 1. The predicted molar refractivity (Wildman–Crippen MR) is 102 cm³/mol. The van der Waals surface area contributed by atoms with E-state index in [0.717, 1.165) is 29.9 Å². The van der Waals surface area contributed by atoms with Crippen molar-refractivity contribution in [2.24, 2.45) is 0 Å². The lowest BCUT2D eigenvalue weighted by Gasteiger charge is -2.33. The van der Waals surface area contributed by atoms with Gasteiger partial charge in [-0.05, 0) is 37.1 Å². The van der Waals surface area contributed by atoms with Crippen LogP contribution in [0.15, 0.2) is 42.5 Å². The van der Waals surface area contributed by atoms with Crippen LogP contribution in [0.4, 0.5) is 11.4 Å². The lowest BCUT2D eigenvalue weighted by atomic mass is 9.97. The molecule has 0 radical (unpaired) electrons. The lowest BCUT2D eigenvalue weighted by Crippen LogP contribution is -2.34. The first-order chi connectivity index (χ1) is 12.7. The van der Waals surface area contributed by atoms with E-state index in [2.05, 4.69) is 6.07 Å². The van der Waals surface area contributed by atoms with Gasteiger partial charge < -0.3 is 4.90 Å². The highest BCUT2D eigenvalue weighted by atomic mass is 32.1. The number of nitro groups is 1. The Hall–Kier alpha value is -2.80. The SMILES string of the molecule is O=Cc1ccc(N2CCC[C@H](c3nc4ccccc4s3)C2)c([N+](=O)[O-])c1. The summed E-state index contributed by atoms with van der Waals surface area (Å²) in [7, 11) is 0. The molecule has 132 valence electrons. The zero-order valence-corrected chi connectivity index (χ0v) is 14.8. The van der Waals surface area contributed by atoms with Gasteiger partial charge in [0.15, 0.2) is 0 Å². The third-order valence-electron chi connectivity index (χ3n) is 4.75. The van der Waals surface area contributed by atoms with Crippen molar-refractivity contribution in [2.45, 2.75) is 18.8 Å². The molecule has 1 fully saturated rings. The summed E-state index contributed by atoms with van der Waals surface area (Å²) in [6.45, 7) is 1.46. The second-order valence-corrected chi connectivity index (χ2v) is 7.49. The first kappa shape index (κ1) is 16.7. The third kappa shape index (κ3) is 3.06. The molecule has 1 aliphatic rings. The summed E-state index contributed by atoms with van der Waals surface area (Å²) in [6, 6.07) is 12.7. The summed E-state index contributed by atoms with van der Waals surface area (Å²) in [5, 5.41) is 12.5. The Morgan fingerprint density at radius 2 is 2.12 bits per heavy atom. The summed E-state index contributed by atoms with van der Waals surface area (Å²) in [5.74, 6) is 0.256. The van der Waals surface area contributed by atoms with Gasteiger partial charge in [-0.15, -0.1) is 11.3 Å². The number of hydrogen-bond acceptors (Lipinski definition) is 6. The highest BCUT2D eigenvalue weighted by Gasteiger charge is 2.28. The minimum atomic E-state index is -0.413. The molecule has 1 aromatic heterocycles. The van der Waals surface area contributed by atoms with Gasteiger partial charge in [0.25, 0.3) is 5.69 Å². The fourth-order valence-corrected chi connectivity index (χ4v) is 4.58. The fourth-order valence-electron chi connectivity index (χ4n) is 3.49. The van der Waals surface area contributed by atoms with E-state index in [4.69, 9.17) is 4.98 Å². The van der Waals surface area contributed by atoms with Crippen LogP contribution in [-0.2, 0) is 0 Å². The van der Waals surface area contributed by atoms with Crippen LogP contribution < -0.4 is 4.90 Å². The monoisotopic (exact) mass is 367 g/mol. The molecule has 1 aliphatic heterocycles. The van der Waals surface area contributed by atoms with Gasteiger partial charge in [0.1, 0.15) is 12.0 Å². The number of nitro benzene ring substituents is 1. The number of para-hydroxylation sites is 1. The van der Waals surface area contributed by atoms with Gasteiger partial charge in [-0.3, -0.25) is 14.9 Å². The number of anilines is 1. The van der Waals surface area contributed by atoms with Crippen LogP contribution >= 0.6 is 11.3 Å². The number of aldehydes is 1. The van der Waals surface area contributed by atoms with Crippen molar-refractivity contribution >= 4 is 39.2 Å². The molecule has 26 heavy (non-hydrogen) atoms. The molecule has 6 nitrogen and oxygen atoms in total. The van der Waals surface area contributed by atoms with Gasteiger partial charge in [0.2, 0.25) is 0 Å². The molecular weight excluding hydrogens is 350 g/mol. The summed E-state index contributed by atoms with van der Waals surface area (Å²) in [5.41, 5.74) is 1.89. The molecule has 0 N–H and O–H groups in total. The Morgan fingerprint density at radius 1 is 1.27 bits per heavy atom. The highest BCUT2D eigenvalue weighted by molar-refractivity contribution is 7.18. The number of carbonyl (C=O) groups is 1. The van der Waals surface area contributed by atoms with E-state index in [9.17, 15) is 14.9 Å². The molecule has 7 heteroatoms. The molecule has 0 bridgehead atoms. The second-order valence-electron chi connectivity index (χ2n) is 6.43. The van der Waals surface area contributed by atoms with Crippen LogP contribution in [0.1, 0.15) is 34.1 Å². The van der Waals surface area contributed by atoms with Gasteiger partial charge in [0.05, 0.1) is 20.1 Å². The van der Waals surface area contributed by atoms with Crippen molar-refractivity contribution < 1.29 is 9.72 Å². The second kappa shape index (κ2) is 6.84. The van der Waals surface area contributed by atoms with E-state index >= 15 is 0 Å². The third-order valence-corrected chi connectivity index (χ3v) is 5.95. The van der Waals surface area contributed by atoms with Gasteiger partial charge >= 0.3 is 0 Å². The number of benzene rings is 2. The standard InChI is InChI=1S/C19H17N3O3S/c23-12-13-7-8-16(17(10-13)22(24)25)21-9-3-4-14(11-21)19-20-15-5-1-2-6-18(15)26-19/h1-2,5-8,10,12,14H,3-4,9,11H2/t14-/m0/s1. The molecule has 4 rings (SSSR count). The molecule has 0 amide bonds. The average Bonchev–Trinajstić information content (AvgIpc) is 3.12. The van der Waals surface area contributed by atoms with Crippen molar-refractivity contribution in [1.29, 1.82) is 0 Å². The van der Waals surface area contributed by atoms with E-state index in [1.807, 2.05) is 23.1 Å². The molecule has 3 aromatic rings. The summed E-state index contributed by atoms with van der Waals surface area (Å²) < 4.78 is 1.17. The largest absolute Gasteiger partial charge is 0.365 e. The van der Waals surface area contributed by atoms with Gasteiger partial charge in [0, 0.05) is 30.6 Å². The molecule has 1 saturated heterocycles. The fraction of sp³-hybridized carbons (Fsp3) is 0.263. The van der Waals surface area contributed by atoms with E-state index < -0.39 is 4.92 Å². The van der Waals surface area contributed by atoms with Gasteiger partial charge in [-0.1, -0.05) is 12.1 Å². The van der Waals surface area contributed by atoms with Crippen LogP contribution in [0.3, 0.4) is 0 Å². The van der Waals surface area contributed by atoms with E-state index in [-0.39, 0.29) is 11.6 Å². The molecule has 0 spiro atoms. The van der Waals surface area contributed by atoms with Gasteiger partial charge in [-0.2, -0.15) is 0 Å². The zero-order chi connectivity index (χ0) is 18.1. The maximum absolute atomic E-state index is 11.5. The Balaban J connectivity index is 1.64. The molecule has 0 unspecified atom stereocenters. The minimum Gasteiger partial charge on any atom is -0.365 e. The summed E-state index contributed by atoms with van der Waals surface area (Å²) >= 11 is 1.70. The summed E-state index contributed by atoms with van der Waals surface area (Å²) in [6.07, 6.45) is 2.61. The first-order valence-corrected chi connectivity index (χ1v) is 9.31. The van der Waals surface area contributed by atoms with Gasteiger partial charge in [-0.25, -0.2) is 4.98 Å². The van der Waals surface area contributed by atoms with Crippen LogP contribution in [0.25, 0.3) is 10.2 Å². The predicted octanol–water partition coefficient (Wildman–Crippen LogP) is 4.40. The van der Waals surface area contributed by atoms with Crippen molar-refractivity contribution in [3.63, 3.8) is 0 Å². The number of aromatic nitrogens is 1. The smallest absolute Gasteiger partial charge is 0.293 e. The lowest BCUT2D eigenvalue weighted by molar-refractivity contribution is -0.384. The average molecular weight is 367 g/mol. The van der Waals surface area contributed by atoms with Crippen molar-refractivity contribution in [1.82, 2.24) is 4.98 Å². The van der Waals surface area contributed by atoms with E-state index in [1.54, 1.807) is 23.5 Å². The minimum absolute atomic E-state index is 0.0143. The molecule has 2 heterocycles. The van der Waals surface area contributed by atoms with Crippen LogP contribution in [0.5, 0.6) is 0 Å². The Morgan fingerprint density at radius 3 is 2.88 bits per heavy atom. The Kier molecular flexibility index (Phi) is 4.38. The number of nitrogens with zero attached hydrogens (tertiary/aromatic N) is 3. The normalized spacial score (nSPS) is 17.4. The molecular formula is C19H17N3O3S. The maximum atomic E-state index is 11.5. The number of carbonyl (C=O) groups excluding carboxylic acids is 1. The van der Waals surface area contributed by atoms with Crippen molar-refractivity contribution in [3.8, 4) is 0 Å². The Bertz CT molecular complexity index is 952. The maximum Gasteiger partial charge on any atom is 0.293 e. The van der Waals surface area contributed by atoms with Crippen LogP contribution in [0.2, 0.25) is 0 Å². The molecule has 0 aliphatic carbocycles.